The maximum atomic E-state index is 12.3. The van der Waals surface area contributed by atoms with Gasteiger partial charge in [-0.1, -0.05) is 36.4 Å². The topological polar surface area (TPSA) is 65.1 Å². The van der Waals surface area contributed by atoms with Gasteiger partial charge in [0.25, 0.3) is 5.69 Å². The summed E-state index contributed by atoms with van der Waals surface area (Å²) in [7, 11) is 0. The van der Waals surface area contributed by atoms with Crippen molar-refractivity contribution in [1.29, 1.82) is 0 Å². The van der Waals surface area contributed by atoms with E-state index >= 15 is 0 Å². The molecule has 0 fully saturated rings. The molecule has 0 aliphatic heterocycles. The summed E-state index contributed by atoms with van der Waals surface area (Å²) in [5.41, 5.74) is 1.54. The molecule has 0 saturated carbocycles. The molecule has 0 N–H and O–H groups in total. The van der Waals surface area contributed by atoms with Crippen LogP contribution in [0.5, 0.6) is 0 Å². The fraction of sp³-hybridized carbons (Fsp3) is 0.167. The first-order chi connectivity index (χ1) is 11.1. The van der Waals surface area contributed by atoms with Crippen LogP contribution in [0.3, 0.4) is 0 Å². The van der Waals surface area contributed by atoms with Crippen LogP contribution >= 0.6 is 0 Å². The number of carbonyl (C=O) groups excluding carboxylic acids is 1. The van der Waals surface area contributed by atoms with Crippen LogP contribution < -0.4 is 0 Å². The molecule has 3 rings (SSSR count). The molecule has 1 aromatic heterocycles. The minimum absolute atomic E-state index is 0.0605. The molecule has 2 aromatic carbocycles. The van der Waals surface area contributed by atoms with Crippen molar-refractivity contribution in [3.05, 3.63) is 76.5 Å². The van der Waals surface area contributed by atoms with Crippen molar-refractivity contribution >= 4 is 22.4 Å². The van der Waals surface area contributed by atoms with Gasteiger partial charge in [-0.25, -0.2) is 0 Å². The largest absolute Gasteiger partial charge is 0.344 e. The summed E-state index contributed by atoms with van der Waals surface area (Å²) in [5.74, 6) is 0.0605. The molecule has 1 unspecified atom stereocenters. The third-order valence-electron chi connectivity index (χ3n) is 3.99. The first-order valence-corrected chi connectivity index (χ1v) is 7.40. The van der Waals surface area contributed by atoms with E-state index in [1.54, 1.807) is 30.5 Å². The van der Waals surface area contributed by atoms with Crippen LogP contribution in [-0.2, 0) is 0 Å². The maximum Gasteiger partial charge on any atom is 0.278 e. The average Bonchev–Trinajstić information content (AvgIpc) is 2.99. The normalized spacial score (nSPS) is 12.2. The number of non-ortho nitro benzene ring substituents is 1. The second-order valence-electron chi connectivity index (χ2n) is 5.53. The Morgan fingerprint density at radius 3 is 2.57 bits per heavy atom. The highest BCUT2D eigenvalue weighted by Gasteiger charge is 2.18. The van der Waals surface area contributed by atoms with E-state index in [0.717, 1.165) is 5.52 Å². The Labute approximate surface area is 133 Å². The Morgan fingerprint density at radius 1 is 1.13 bits per heavy atom. The maximum absolute atomic E-state index is 12.3. The molecule has 0 bridgehead atoms. The van der Waals surface area contributed by atoms with Crippen molar-refractivity contribution in [2.24, 2.45) is 0 Å². The zero-order valence-corrected chi connectivity index (χ0v) is 12.7. The SMILES string of the molecule is CC(CC(=O)c1ccccc1)n1ccc2c([N+](=O)[O-])cccc21. The van der Waals surface area contributed by atoms with E-state index in [2.05, 4.69) is 0 Å². The molecule has 23 heavy (non-hydrogen) atoms. The number of rotatable bonds is 5. The number of ketones is 1. The first kappa shape index (κ1) is 15.0. The van der Waals surface area contributed by atoms with Crippen LogP contribution in [-0.4, -0.2) is 15.3 Å². The zero-order chi connectivity index (χ0) is 16.4. The van der Waals surface area contributed by atoms with Crippen LogP contribution in [0.15, 0.2) is 60.8 Å². The molecule has 3 aromatic rings. The Balaban J connectivity index is 1.90. The van der Waals surface area contributed by atoms with E-state index in [0.29, 0.717) is 17.4 Å². The third kappa shape index (κ3) is 2.85. The van der Waals surface area contributed by atoms with Crippen LogP contribution in [0.25, 0.3) is 10.9 Å². The van der Waals surface area contributed by atoms with Gasteiger partial charge in [-0.2, -0.15) is 0 Å². The number of hydrogen-bond donors (Lipinski definition) is 0. The lowest BCUT2D eigenvalue weighted by molar-refractivity contribution is -0.383. The quantitative estimate of drug-likeness (QED) is 0.399. The van der Waals surface area contributed by atoms with Gasteiger partial charge >= 0.3 is 0 Å². The van der Waals surface area contributed by atoms with Crippen molar-refractivity contribution in [3.63, 3.8) is 0 Å². The Kier molecular flexibility index (Phi) is 3.93. The van der Waals surface area contributed by atoms with Crippen molar-refractivity contribution in [2.45, 2.75) is 19.4 Å². The standard InChI is InChI=1S/C18H16N2O3/c1-13(12-18(21)14-6-3-2-4-7-14)19-11-10-15-16(19)8-5-9-17(15)20(22)23/h2-11,13H,12H2,1H3. The molecule has 5 heteroatoms. The van der Waals surface area contributed by atoms with Crippen molar-refractivity contribution in [1.82, 2.24) is 4.57 Å². The fourth-order valence-electron chi connectivity index (χ4n) is 2.82. The molecule has 0 spiro atoms. The number of aromatic nitrogens is 1. The van der Waals surface area contributed by atoms with Gasteiger partial charge in [0.15, 0.2) is 5.78 Å². The van der Waals surface area contributed by atoms with Crippen LogP contribution in [0.1, 0.15) is 29.7 Å². The molecule has 0 saturated heterocycles. The monoisotopic (exact) mass is 308 g/mol. The Hall–Kier alpha value is -2.95. The van der Waals surface area contributed by atoms with E-state index < -0.39 is 0 Å². The Morgan fingerprint density at radius 2 is 1.87 bits per heavy atom. The summed E-state index contributed by atoms with van der Waals surface area (Å²) < 4.78 is 1.92. The van der Waals surface area contributed by atoms with Gasteiger partial charge in [-0.05, 0) is 19.1 Å². The van der Waals surface area contributed by atoms with Crippen molar-refractivity contribution < 1.29 is 9.72 Å². The summed E-state index contributed by atoms with van der Waals surface area (Å²) in [4.78, 5) is 23.1. The lowest BCUT2D eigenvalue weighted by Crippen LogP contribution is -2.10. The number of benzene rings is 2. The Bertz CT molecular complexity index is 868. The van der Waals surface area contributed by atoms with E-state index in [4.69, 9.17) is 0 Å². The molecule has 1 atom stereocenters. The second kappa shape index (κ2) is 6.04. The predicted molar refractivity (Wildman–Crippen MR) is 88.7 cm³/mol. The number of nitro benzene ring substituents is 1. The zero-order valence-electron chi connectivity index (χ0n) is 12.7. The van der Waals surface area contributed by atoms with Crippen LogP contribution in [0.2, 0.25) is 0 Å². The predicted octanol–water partition coefficient (Wildman–Crippen LogP) is 4.38. The molecule has 0 aliphatic rings. The number of carbonyl (C=O) groups is 1. The summed E-state index contributed by atoms with van der Waals surface area (Å²) in [6, 6.07) is 15.8. The van der Waals surface area contributed by atoms with Gasteiger partial charge in [0, 0.05) is 30.3 Å². The fourth-order valence-corrected chi connectivity index (χ4v) is 2.82. The first-order valence-electron chi connectivity index (χ1n) is 7.40. The number of hydrogen-bond acceptors (Lipinski definition) is 3. The molecule has 116 valence electrons. The second-order valence-corrected chi connectivity index (χ2v) is 5.53. The van der Waals surface area contributed by atoms with Crippen molar-refractivity contribution in [3.8, 4) is 0 Å². The van der Waals surface area contributed by atoms with Gasteiger partial charge in [-0.3, -0.25) is 14.9 Å². The van der Waals surface area contributed by atoms with Gasteiger partial charge in [0.2, 0.25) is 0 Å². The molecule has 1 heterocycles. The molecular weight excluding hydrogens is 292 g/mol. The third-order valence-corrected chi connectivity index (χ3v) is 3.99. The average molecular weight is 308 g/mol. The van der Waals surface area contributed by atoms with Crippen molar-refractivity contribution in [2.75, 3.05) is 0 Å². The van der Waals surface area contributed by atoms with Crippen LogP contribution in [0.4, 0.5) is 5.69 Å². The summed E-state index contributed by atoms with van der Waals surface area (Å²) >= 11 is 0. The molecule has 5 nitrogen and oxygen atoms in total. The number of nitrogens with zero attached hydrogens (tertiary/aromatic N) is 2. The van der Waals surface area contributed by atoms with Gasteiger partial charge in [0.1, 0.15) is 0 Å². The van der Waals surface area contributed by atoms with Gasteiger partial charge < -0.3 is 4.57 Å². The number of Topliss-reactive ketones (excluding diaryl/α,β-unsaturated/α-hetero) is 1. The summed E-state index contributed by atoms with van der Waals surface area (Å²) in [5, 5.41) is 11.7. The summed E-state index contributed by atoms with van der Waals surface area (Å²) in [6.07, 6.45) is 2.15. The highest BCUT2D eigenvalue weighted by molar-refractivity contribution is 5.96. The van der Waals surface area contributed by atoms with E-state index in [1.807, 2.05) is 35.8 Å². The van der Waals surface area contributed by atoms with E-state index in [1.165, 1.54) is 6.07 Å². The molecular formula is C18H16N2O3. The van der Waals surface area contributed by atoms with Gasteiger partial charge in [-0.15, -0.1) is 0 Å². The smallest absolute Gasteiger partial charge is 0.278 e. The molecule has 0 radical (unpaired) electrons. The van der Waals surface area contributed by atoms with Crippen LogP contribution in [0, 0.1) is 10.1 Å². The highest BCUT2D eigenvalue weighted by atomic mass is 16.6. The van der Waals surface area contributed by atoms with E-state index in [9.17, 15) is 14.9 Å². The number of nitro groups is 1. The minimum Gasteiger partial charge on any atom is -0.344 e. The number of fused-ring (bicyclic) bond motifs is 1. The highest BCUT2D eigenvalue weighted by Crippen LogP contribution is 2.29. The lowest BCUT2D eigenvalue weighted by Gasteiger charge is -2.14. The molecule has 0 amide bonds. The molecule has 0 aliphatic carbocycles. The lowest BCUT2D eigenvalue weighted by atomic mass is 10.0. The van der Waals surface area contributed by atoms with E-state index in [-0.39, 0.29) is 22.4 Å². The summed E-state index contributed by atoms with van der Waals surface area (Å²) in [6.45, 7) is 1.94. The minimum atomic E-state index is -0.382. The van der Waals surface area contributed by atoms with Gasteiger partial charge in [0.05, 0.1) is 15.8 Å².